The lowest BCUT2D eigenvalue weighted by molar-refractivity contribution is -0.138. The third-order valence-electron chi connectivity index (χ3n) is 18.5. The number of benzene rings is 8. The zero-order chi connectivity index (χ0) is 68.0. The highest BCUT2D eigenvalue weighted by molar-refractivity contribution is 5.92. The van der Waals surface area contributed by atoms with E-state index in [1.165, 1.54) is 92.2 Å². The molecule has 494 valence electrons. The smallest absolute Gasteiger partial charge is 0.314 e. The number of esters is 1. The first kappa shape index (κ1) is 78.1. The van der Waals surface area contributed by atoms with Crippen molar-refractivity contribution >= 4 is 16.7 Å². The van der Waals surface area contributed by atoms with Crippen LogP contribution in [-0.2, 0) is 20.7 Å². The quantitative estimate of drug-likeness (QED) is 0.0616. The van der Waals surface area contributed by atoms with Crippen molar-refractivity contribution in [3.05, 3.63) is 238 Å². The van der Waals surface area contributed by atoms with Crippen LogP contribution in [0.1, 0.15) is 260 Å². The third-order valence-corrected chi connectivity index (χ3v) is 18.5. The van der Waals surface area contributed by atoms with Crippen LogP contribution >= 0.6 is 0 Å². The maximum atomic E-state index is 11.3. The van der Waals surface area contributed by atoms with E-state index in [0.717, 1.165) is 30.6 Å². The first-order chi connectivity index (χ1) is 43.1. The molecule has 0 spiro atoms. The fourth-order valence-electron chi connectivity index (χ4n) is 9.95. The molecule has 1 aliphatic carbocycles. The van der Waals surface area contributed by atoms with E-state index >= 15 is 0 Å². The van der Waals surface area contributed by atoms with E-state index in [1.54, 1.807) is 38.5 Å². The van der Waals surface area contributed by atoms with E-state index in [9.17, 15) is 9.90 Å². The number of phenols is 2. The molecule has 0 radical (unpaired) electrons. The molecule has 0 fully saturated rings. The average Bonchev–Trinajstić information content (AvgIpc) is 1.64. The van der Waals surface area contributed by atoms with Gasteiger partial charge in [-0.15, -0.1) is 0 Å². The van der Waals surface area contributed by atoms with Crippen molar-refractivity contribution in [2.75, 3.05) is 14.2 Å². The maximum Gasteiger partial charge on any atom is 0.314 e. The summed E-state index contributed by atoms with van der Waals surface area (Å²) in [6, 6.07) is 61.0. The average molecular weight is 1240 g/mol. The van der Waals surface area contributed by atoms with Gasteiger partial charge in [-0.05, 0) is 224 Å². The minimum atomic E-state index is -0.728. The summed E-state index contributed by atoms with van der Waals surface area (Å²) < 4.78 is 15.6. The van der Waals surface area contributed by atoms with Gasteiger partial charge in [-0.25, -0.2) is 0 Å². The molecule has 0 aliphatic heterocycles. The van der Waals surface area contributed by atoms with Crippen LogP contribution < -0.4 is 9.47 Å². The summed E-state index contributed by atoms with van der Waals surface area (Å²) in [6.07, 6.45) is 6.66. The number of carbonyl (C=O) groups is 1. The van der Waals surface area contributed by atoms with Crippen molar-refractivity contribution < 1.29 is 34.3 Å². The van der Waals surface area contributed by atoms with Gasteiger partial charge in [-0.3, -0.25) is 4.79 Å². The van der Waals surface area contributed by atoms with Crippen LogP contribution in [0.4, 0.5) is 0 Å². The van der Waals surface area contributed by atoms with Crippen molar-refractivity contribution in [3.8, 4) is 23.0 Å². The monoisotopic (exact) mass is 1240 g/mol. The molecule has 0 saturated heterocycles. The number of aromatic hydroxyl groups is 2. The van der Waals surface area contributed by atoms with Crippen LogP contribution in [0.2, 0.25) is 0 Å². The fraction of sp³-hybridized carbons (Fsp3) is 0.440. The van der Waals surface area contributed by atoms with E-state index < -0.39 is 5.60 Å². The van der Waals surface area contributed by atoms with Gasteiger partial charge in [-0.2, -0.15) is 0 Å². The van der Waals surface area contributed by atoms with E-state index in [-0.39, 0.29) is 23.2 Å². The number of rotatable bonds is 17. The number of carbonyl (C=O) groups excluding carboxylic acids is 1. The Bertz CT molecular complexity index is 3170. The Labute approximate surface area is 551 Å². The molecule has 7 heteroatoms. The highest BCUT2D eigenvalue weighted by atomic mass is 16.5. The Balaban J connectivity index is 0.000000278. The number of aliphatic hydroxyl groups is 1. The molecule has 7 nitrogen and oxygen atoms in total. The van der Waals surface area contributed by atoms with Crippen molar-refractivity contribution in [1.29, 1.82) is 0 Å². The summed E-state index contributed by atoms with van der Waals surface area (Å²) in [4.78, 5) is 11.3. The third kappa shape index (κ3) is 25.4. The van der Waals surface area contributed by atoms with Crippen molar-refractivity contribution in [2.45, 2.75) is 223 Å². The SMILES string of the molecule is CC1c2cccc3cccc(c23)C1C.CCC(C)C(=O)Oc1ccc(O)cc1.CCC(C)c1ccc(C(C)(C)O)cc1.CCC(C)c1ccc(C(C)(C)OC)cc1.CCC(C)c1ccc(C)cc1.CCC(C)c1ccc(O)cc1.CCC(C)c1ccc(OC)cc1. The summed E-state index contributed by atoms with van der Waals surface area (Å²) >= 11 is 0. The van der Waals surface area contributed by atoms with Gasteiger partial charge in [0.25, 0.3) is 0 Å². The van der Waals surface area contributed by atoms with Gasteiger partial charge in [0, 0.05) is 7.11 Å². The number of phenolic OH excluding ortho intramolecular Hbond substituents is 2. The maximum absolute atomic E-state index is 11.3. The van der Waals surface area contributed by atoms with E-state index in [0.29, 0.717) is 52.9 Å². The molecule has 0 saturated carbocycles. The molecule has 8 atom stereocenters. The molecule has 0 amide bonds. The molecule has 91 heavy (non-hydrogen) atoms. The Kier molecular flexibility index (Phi) is 33.7. The van der Waals surface area contributed by atoms with Crippen LogP contribution in [0.5, 0.6) is 23.0 Å². The topological polar surface area (TPSA) is 105 Å². The summed E-state index contributed by atoms with van der Waals surface area (Å²) in [6.45, 7) is 40.5. The lowest BCUT2D eigenvalue weighted by atomic mass is 9.93. The standard InChI is InChI=1S/C14H22O.C14H14.C13H20O.C11H14O3.C11H16O.C11H16.C10H14O/c1-6-11(2)12-7-9-13(10-8-12)14(3,4)15-5;1-9-10(2)13-8-4-6-11-5-3-7-12(9)14(11)13;1-5-10(2)11-6-8-12(9-7-11)13(3,4)14;1-3-8(2)11(13)14-10-6-4-9(12)5-7-10;1-4-9(2)10-5-7-11(12-3)8-6-10;1-4-10(3)11-7-5-9(2)6-8-11;1-3-8(2)9-4-6-10(11)7-5-9/h7-11H,6H2,1-5H3;3-10H,1-2H3;6-10,14H,5H2,1-4H3;4-8,12H,3H2,1-2H3;5-9H,4H2,1-3H3;5-8,10H,4H2,1-3H3;4-8,11H,3H2,1-2H3. The van der Waals surface area contributed by atoms with Gasteiger partial charge in [0.1, 0.15) is 23.0 Å². The minimum absolute atomic E-state index is 0.0937. The number of hydrogen-bond acceptors (Lipinski definition) is 7. The molecule has 0 bridgehead atoms. The van der Waals surface area contributed by atoms with Crippen LogP contribution in [-0.4, -0.2) is 35.5 Å². The van der Waals surface area contributed by atoms with E-state index in [1.807, 2.05) is 64.1 Å². The predicted molar refractivity (Wildman–Crippen MR) is 388 cm³/mol. The van der Waals surface area contributed by atoms with E-state index in [2.05, 4.69) is 213 Å². The zero-order valence-corrected chi connectivity index (χ0v) is 59.7. The Morgan fingerprint density at radius 1 is 0.440 bits per heavy atom. The van der Waals surface area contributed by atoms with Crippen LogP contribution in [0.25, 0.3) is 10.8 Å². The van der Waals surface area contributed by atoms with Gasteiger partial charge < -0.3 is 29.5 Å². The molecular weight excluding hydrogens is 1120 g/mol. The van der Waals surface area contributed by atoms with E-state index in [4.69, 9.17) is 24.4 Å². The van der Waals surface area contributed by atoms with Gasteiger partial charge in [0.15, 0.2) is 0 Å². The lowest BCUT2D eigenvalue weighted by Gasteiger charge is -2.24. The summed E-state index contributed by atoms with van der Waals surface area (Å²) in [5, 5.41) is 30.7. The van der Waals surface area contributed by atoms with Crippen molar-refractivity contribution in [1.82, 2.24) is 0 Å². The molecule has 1 aliphatic rings. The molecule has 0 aromatic heterocycles. The van der Waals surface area contributed by atoms with Crippen molar-refractivity contribution in [3.63, 3.8) is 0 Å². The van der Waals surface area contributed by atoms with Crippen LogP contribution in [0, 0.1) is 12.8 Å². The Morgan fingerprint density at radius 2 is 0.758 bits per heavy atom. The molecule has 8 unspecified atom stereocenters. The first-order valence-electron chi connectivity index (χ1n) is 33.6. The van der Waals surface area contributed by atoms with Crippen molar-refractivity contribution in [2.24, 2.45) is 5.92 Å². The van der Waals surface area contributed by atoms with Crippen LogP contribution in [0.3, 0.4) is 0 Å². The molecule has 8 aromatic carbocycles. The predicted octanol–water partition coefficient (Wildman–Crippen LogP) is 23.5. The highest BCUT2D eigenvalue weighted by Gasteiger charge is 2.27. The molecule has 9 rings (SSSR count). The number of aryl methyl sites for hydroxylation is 1. The Hall–Kier alpha value is -7.19. The van der Waals surface area contributed by atoms with Crippen LogP contribution in [0.15, 0.2) is 182 Å². The molecule has 0 heterocycles. The number of ether oxygens (including phenoxy) is 3. The minimum Gasteiger partial charge on any atom is -0.508 e. The lowest BCUT2D eigenvalue weighted by Crippen LogP contribution is -2.19. The second-order valence-electron chi connectivity index (χ2n) is 25.9. The summed E-state index contributed by atoms with van der Waals surface area (Å²) in [7, 11) is 3.45. The summed E-state index contributed by atoms with van der Waals surface area (Å²) in [5.41, 5.74) is 12.6. The molecule has 8 aromatic rings. The first-order valence-corrected chi connectivity index (χ1v) is 33.6. The number of hydrogen-bond donors (Lipinski definition) is 3. The molecular formula is C84H116O7. The second-order valence-corrected chi connectivity index (χ2v) is 25.9. The number of methoxy groups -OCH3 is 2. The second kappa shape index (κ2) is 39.3. The van der Waals surface area contributed by atoms with Gasteiger partial charge in [0.2, 0.25) is 0 Å². The fourth-order valence-corrected chi connectivity index (χ4v) is 9.95. The molecule has 3 N–H and O–H groups in total. The zero-order valence-electron chi connectivity index (χ0n) is 59.7. The Morgan fingerprint density at radius 3 is 1.09 bits per heavy atom. The van der Waals surface area contributed by atoms with Gasteiger partial charge in [-0.1, -0.05) is 236 Å². The largest absolute Gasteiger partial charge is 0.508 e. The normalized spacial score (nSPS) is 14.9. The van der Waals surface area contributed by atoms with Gasteiger partial charge >= 0.3 is 5.97 Å². The summed E-state index contributed by atoms with van der Waals surface area (Å²) in [5.74, 6) is 6.12. The van der Waals surface area contributed by atoms with Gasteiger partial charge in [0.05, 0.1) is 24.2 Å². The highest BCUT2D eigenvalue weighted by Crippen LogP contribution is 2.46.